The summed E-state index contributed by atoms with van der Waals surface area (Å²) in [6.45, 7) is 10.5. The molecule has 0 radical (unpaired) electrons. The molecule has 37 heteroatoms. The summed E-state index contributed by atoms with van der Waals surface area (Å²) in [6.07, 6.45) is 11.5. The summed E-state index contributed by atoms with van der Waals surface area (Å²) in [4.78, 5) is 61.3. The third-order valence-electron chi connectivity index (χ3n) is 18.2. The van der Waals surface area contributed by atoms with Gasteiger partial charge in [0.1, 0.15) is 34.9 Å². The van der Waals surface area contributed by atoms with Gasteiger partial charge in [0, 0.05) is 50.0 Å². The van der Waals surface area contributed by atoms with Crippen LogP contribution in [0, 0.1) is 6.92 Å². The van der Waals surface area contributed by atoms with E-state index in [0.29, 0.717) is 157 Å². The van der Waals surface area contributed by atoms with Gasteiger partial charge in [0.25, 0.3) is 0 Å². The molecule has 0 spiro atoms. The van der Waals surface area contributed by atoms with Gasteiger partial charge >= 0.3 is 0 Å². The van der Waals surface area contributed by atoms with Crippen molar-refractivity contribution in [3.05, 3.63) is 141 Å². The van der Waals surface area contributed by atoms with E-state index in [1.54, 1.807) is 18.7 Å². The average molecular weight is 1550 g/mol. The Hall–Kier alpha value is -8.77. The van der Waals surface area contributed by atoms with Crippen molar-refractivity contribution in [2.45, 2.75) is 103 Å². The first-order valence-corrected chi connectivity index (χ1v) is 40.3. The van der Waals surface area contributed by atoms with Crippen LogP contribution in [0.4, 0.5) is 17.5 Å². The predicted octanol–water partition coefficient (Wildman–Crippen LogP) is 11.6. The topological polar surface area (TPSA) is 378 Å². The van der Waals surface area contributed by atoms with Gasteiger partial charge in [-0.15, -0.1) is 0 Å². The molecule has 3 aromatic carbocycles. The molecule has 3 aliphatic heterocycles. The van der Waals surface area contributed by atoms with E-state index in [0.717, 1.165) is 49.3 Å². The molecule has 3 fully saturated rings. The Morgan fingerprint density at radius 2 is 0.769 bits per heavy atom. The number of sulfonamides is 3. The number of imidazole rings is 3. The first kappa shape index (κ1) is 73.5. The molecule has 546 valence electrons. The minimum atomic E-state index is -3.22. The highest BCUT2D eigenvalue weighted by Crippen LogP contribution is 2.38. The van der Waals surface area contributed by atoms with Crippen LogP contribution in [0.1, 0.15) is 100 Å². The normalized spacial score (nSPS) is 16.6. The van der Waals surface area contributed by atoms with E-state index in [4.69, 9.17) is 75.6 Å². The minimum absolute atomic E-state index is 0.0852. The van der Waals surface area contributed by atoms with Gasteiger partial charge in [0.05, 0.1) is 83.4 Å². The fourth-order valence-corrected chi connectivity index (χ4v) is 16.1. The zero-order valence-corrected chi connectivity index (χ0v) is 62.8. The summed E-state index contributed by atoms with van der Waals surface area (Å²) in [7, 11) is -9.61. The van der Waals surface area contributed by atoms with Crippen LogP contribution >= 0.6 is 46.4 Å². The number of ether oxygens (including phenoxy) is 3. The third-order valence-corrected chi connectivity index (χ3v) is 22.9. The summed E-state index contributed by atoms with van der Waals surface area (Å²) < 4.78 is 94.6. The van der Waals surface area contributed by atoms with E-state index >= 15 is 0 Å². The number of anilines is 3. The van der Waals surface area contributed by atoms with E-state index in [2.05, 4.69) is 75.8 Å². The number of pyridine rings is 3. The zero-order chi connectivity index (χ0) is 73.4. The number of rotatable bonds is 18. The highest BCUT2D eigenvalue weighted by Gasteiger charge is 2.31. The molecule has 15 rings (SSSR count). The van der Waals surface area contributed by atoms with Crippen molar-refractivity contribution < 1.29 is 39.5 Å². The number of aromatic amines is 3. The highest BCUT2D eigenvalue weighted by atomic mass is 35.5. The molecule has 0 amide bonds. The second-order valence-electron chi connectivity index (χ2n) is 25.7. The lowest BCUT2D eigenvalue weighted by molar-refractivity contribution is 0.131. The van der Waals surface area contributed by atoms with Gasteiger partial charge in [-0.2, -0.15) is 29.9 Å². The molecule has 104 heavy (non-hydrogen) atoms. The highest BCUT2D eigenvalue weighted by molar-refractivity contribution is 7.88. The van der Waals surface area contributed by atoms with Gasteiger partial charge in [0.2, 0.25) is 63.6 Å². The Bertz CT molecular complexity index is 5300. The zero-order valence-electron chi connectivity index (χ0n) is 57.3. The van der Waals surface area contributed by atoms with Crippen LogP contribution in [0.5, 0.6) is 17.6 Å². The largest absolute Gasteiger partial charge is 0.474 e. The molecular formula is C67H73Cl4N21O9S3. The van der Waals surface area contributed by atoms with E-state index in [-0.39, 0.29) is 52.3 Å². The first-order valence-electron chi connectivity index (χ1n) is 33.3. The first-order chi connectivity index (χ1) is 49.6. The van der Waals surface area contributed by atoms with E-state index in [1.165, 1.54) is 38.0 Å². The SMILES string of the molecule is C[C@H](Nc1nc(Cl)nc2nc[nH]c12)c1cc2cccc(Cl)c2c(OC2CCN(S(C)(=O)=O)CC2)n1.C[C@H](Nc1nc(Cl)nc2nc[nH]c12)c1cc2ccccc2c(OC2CCN(S(C)(=O)=O)CC2)n1.Cc1cccc2cc([C@H](C)Nc3nc(Cl)nc4nc[nH]c34)nc(OC3CCN(S(C)(=O)=O)CC3)c12. The quantitative estimate of drug-likeness (QED) is 0.0435. The summed E-state index contributed by atoms with van der Waals surface area (Å²) in [5.41, 5.74) is 6.69. The molecule has 0 saturated carbocycles. The van der Waals surface area contributed by atoms with Crippen LogP contribution in [0.15, 0.2) is 97.8 Å². The molecular weight excluding hydrogens is 1480 g/mol. The van der Waals surface area contributed by atoms with Crippen molar-refractivity contribution >= 4 is 160 Å². The average Bonchev–Trinajstić information content (AvgIpc) is 0.999. The number of piperidine rings is 3. The molecule has 30 nitrogen and oxygen atoms in total. The Balaban J connectivity index is 0.000000139. The number of H-pyrrole nitrogens is 3. The Morgan fingerprint density at radius 1 is 0.433 bits per heavy atom. The van der Waals surface area contributed by atoms with Gasteiger partial charge in [-0.3, -0.25) is 0 Å². The van der Waals surface area contributed by atoms with Gasteiger partial charge in [0.15, 0.2) is 34.4 Å². The number of benzene rings is 3. The standard InChI is InChI=1S/C23H26ClN7O3S.C22H23Cl2N7O3S.C22H24ClN7O3S/c1-13-5-4-6-15-11-17(14(2)27-21-19-20(26-12-25-19)29-23(24)30-21)28-22(18(13)15)34-16-7-9-31(10-8-16)35(3,32)33;1-12(27-20-18-19(26-11-25-18)29-22(24)30-20)16-10-13-4-3-5-15(23)17(13)21(28-16)34-14-6-8-31(9-7-14)35(2,32)33;1-13(26-20-18-19(25-12-24-18)28-22(23)29-20)17-11-14-5-3-4-6-16(14)21(27-17)33-15-7-9-30(10-8-15)34(2,31)32/h4-6,11-12,14,16H,7-10H2,1-3H3,(H2,25,26,27,29,30);3-5,10-12,14H,6-9H2,1-2H3,(H2,25,26,27,29,30);3-6,11-13,15H,7-10H2,1-2H3,(H2,24,25,26,28,29)/t14-;12-;13-/m000/s1. The fourth-order valence-electron chi connectivity index (χ4n) is 12.7. The number of nitrogens with one attached hydrogen (secondary N) is 6. The molecule has 3 atom stereocenters. The summed E-state index contributed by atoms with van der Waals surface area (Å²) in [6, 6.07) is 24.9. The van der Waals surface area contributed by atoms with Crippen LogP contribution in [-0.2, 0) is 30.1 Å². The van der Waals surface area contributed by atoms with Gasteiger partial charge in [-0.1, -0.05) is 60.1 Å². The van der Waals surface area contributed by atoms with Crippen molar-refractivity contribution in [3.8, 4) is 17.6 Å². The van der Waals surface area contributed by atoms with Crippen LogP contribution in [0.2, 0.25) is 20.9 Å². The molecule has 0 unspecified atom stereocenters. The number of aryl methyl sites for hydroxylation is 1. The maximum atomic E-state index is 11.9. The van der Waals surface area contributed by atoms with Gasteiger partial charge in [-0.25, -0.2) is 68.1 Å². The number of hydrogen-bond donors (Lipinski definition) is 6. The van der Waals surface area contributed by atoms with Gasteiger partial charge in [-0.05, 0) is 153 Å². The maximum absolute atomic E-state index is 11.9. The lowest BCUT2D eigenvalue weighted by Gasteiger charge is -2.30. The van der Waals surface area contributed by atoms with Crippen molar-refractivity contribution in [1.29, 1.82) is 0 Å². The number of aromatic nitrogens is 15. The molecule has 3 saturated heterocycles. The van der Waals surface area contributed by atoms with Crippen LogP contribution in [0.3, 0.4) is 0 Å². The van der Waals surface area contributed by atoms with Crippen LogP contribution in [0.25, 0.3) is 65.8 Å². The molecule has 3 aliphatic rings. The smallest absolute Gasteiger partial charge is 0.226 e. The lowest BCUT2D eigenvalue weighted by Crippen LogP contribution is -2.41. The second kappa shape index (κ2) is 30.7. The molecule has 0 aliphatic carbocycles. The molecule has 12 aromatic rings. The molecule has 12 heterocycles. The number of hydrogen-bond acceptors (Lipinski definition) is 24. The molecule has 9 aromatic heterocycles. The van der Waals surface area contributed by atoms with Crippen LogP contribution in [-0.4, -0.2) is 189 Å². The monoisotopic (exact) mass is 1550 g/mol. The Morgan fingerprint density at radius 3 is 1.17 bits per heavy atom. The maximum Gasteiger partial charge on any atom is 0.226 e. The summed E-state index contributed by atoms with van der Waals surface area (Å²) in [5.74, 6) is 3.08. The lowest BCUT2D eigenvalue weighted by atomic mass is 10.0. The summed E-state index contributed by atoms with van der Waals surface area (Å²) in [5, 5.41) is 16.3. The Labute approximate surface area is 618 Å². The number of fused-ring (bicyclic) bond motifs is 6. The fraction of sp³-hybridized carbons (Fsp3) is 0.373. The van der Waals surface area contributed by atoms with Gasteiger partial charge < -0.3 is 45.1 Å². The van der Waals surface area contributed by atoms with Crippen LogP contribution < -0.4 is 30.2 Å². The van der Waals surface area contributed by atoms with Crippen molar-refractivity contribution in [3.63, 3.8) is 0 Å². The Kier molecular flexibility index (Phi) is 21.7. The second-order valence-corrected chi connectivity index (χ2v) is 33.0. The summed E-state index contributed by atoms with van der Waals surface area (Å²) >= 11 is 24.8. The van der Waals surface area contributed by atoms with Crippen molar-refractivity contribution in [2.75, 3.05) is 74.0 Å². The minimum Gasteiger partial charge on any atom is -0.474 e. The van der Waals surface area contributed by atoms with E-state index < -0.39 is 30.1 Å². The van der Waals surface area contributed by atoms with E-state index in [9.17, 15) is 25.3 Å². The van der Waals surface area contributed by atoms with Crippen molar-refractivity contribution in [2.24, 2.45) is 0 Å². The predicted molar refractivity (Wildman–Crippen MR) is 401 cm³/mol. The van der Waals surface area contributed by atoms with E-state index in [1.807, 2.05) is 100 Å². The molecule has 0 bridgehead atoms. The number of nitrogens with zero attached hydrogens (tertiary/aromatic N) is 15. The third kappa shape index (κ3) is 17.0. The number of halogens is 4. The van der Waals surface area contributed by atoms with Crippen molar-refractivity contribution in [1.82, 2.24) is 87.7 Å². The molecule has 6 N–H and O–H groups in total.